The molecule has 6 rings (SSSR count). The normalized spacial score (nSPS) is 26.4. The summed E-state index contributed by atoms with van der Waals surface area (Å²) in [5.41, 5.74) is 1.08. The molecule has 2 saturated heterocycles. The van der Waals surface area contributed by atoms with Crippen molar-refractivity contribution in [2.75, 3.05) is 26.3 Å². The molecule has 0 aromatic heterocycles. The van der Waals surface area contributed by atoms with Gasteiger partial charge in [-0.05, 0) is 52.0 Å². The van der Waals surface area contributed by atoms with Crippen molar-refractivity contribution >= 4 is 34.4 Å². The first-order chi connectivity index (χ1) is 17.0. The summed E-state index contributed by atoms with van der Waals surface area (Å²) in [4.78, 5) is 55.9. The van der Waals surface area contributed by atoms with Crippen molar-refractivity contribution in [3.63, 3.8) is 0 Å². The lowest BCUT2D eigenvalue weighted by molar-refractivity contribution is -0.139. The van der Waals surface area contributed by atoms with Crippen molar-refractivity contribution in [1.29, 1.82) is 0 Å². The minimum Gasteiger partial charge on any atom is -0.348 e. The summed E-state index contributed by atoms with van der Waals surface area (Å²) < 4.78 is 22.7. The highest BCUT2D eigenvalue weighted by molar-refractivity contribution is 6.33. The van der Waals surface area contributed by atoms with Crippen LogP contribution in [0, 0.1) is 0 Å². The van der Waals surface area contributed by atoms with Gasteiger partial charge in [0.25, 0.3) is 23.6 Å². The molecule has 10 nitrogen and oxygen atoms in total. The Balaban J connectivity index is 1.36. The zero-order valence-electron chi connectivity index (χ0n) is 20.5. The van der Waals surface area contributed by atoms with E-state index in [4.69, 9.17) is 18.9 Å². The van der Waals surface area contributed by atoms with Crippen molar-refractivity contribution in [3.05, 3.63) is 46.5 Å². The molecule has 2 aromatic carbocycles. The Bertz CT molecular complexity index is 1190. The van der Waals surface area contributed by atoms with Crippen LogP contribution in [0.1, 0.15) is 69.1 Å². The molecule has 0 aliphatic carbocycles. The van der Waals surface area contributed by atoms with E-state index >= 15 is 0 Å². The topological polar surface area (TPSA) is 112 Å². The van der Waals surface area contributed by atoms with Gasteiger partial charge in [-0.25, -0.2) is 0 Å². The minimum absolute atomic E-state index is 0.0387. The average molecular weight is 495 g/mol. The molecule has 4 amide bonds. The second-order valence-electron chi connectivity index (χ2n) is 10.4. The first kappa shape index (κ1) is 23.2. The van der Waals surface area contributed by atoms with E-state index in [1.807, 2.05) is 0 Å². The smallest absolute Gasteiger partial charge is 0.261 e. The summed E-state index contributed by atoms with van der Waals surface area (Å²) in [5.74, 6) is -3.56. The van der Waals surface area contributed by atoms with Crippen LogP contribution >= 0.6 is 0 Å². The fourth-order valence-corrected chi connectivity index (χ4v) is 5.42. The van der Waals surface area contributed by atoms with Crippen LogP contribution in [0.25, 0.3) is 10.8 Å². The Kier molecular flexibility index (Phi) is 4.94. The molecular formula is C26H26N2O8. The molecule has 188 valence electrons. The van der Waals surface area contributed by atoms with E-state index in [0.717, 1.165) is 9.80 Å². The Hall–Kier alpha value is -3.18. The molecule has 36 heavy (non-hydrogen) atoms. The minimum atomic E-state index is -0.788. The van der Waals surface area contributed by atoms with Gasteiger partial charge in [0.2, 0.25) is 0 Å². The summed E-state index contributed by atoms with van der Waals surface area (Å²) in [6, 6.07) is 6.19. The van der Waals surface area contributed by atoms with Crippen molar-refractivity contribution in [3.8, 4) is 0 Å². The third-order valence-corrected chi connectivity index (χ3v) is 6.97. The number of rotatable bonds is 4. The molecule has 0 unspecified atom stereocenters. The van der Waals surface area contributed by atoms with Gasteiger partial charge in [0.1, 0.15) is 12.2 Å². The van der Waals surface area contributed by atoms with Crippen molar-refractivity contribution in [1.82, 2.24) is 9.80 Å². The summed E-state index contributed by atoms with van der Waals surface area (Å²) in [5, 5.41) is 0.672. The summed E-state index contributed by atoms with van der Waals surface area (Å²) >= 11 is 0. The van der Waals surface area contributed by atoms with E-state index in [1.54, 1.807) is 52.0 Å². The second kappa shape index (κ2) is 7.66. The molecule has 0 radical (unpaired) electrons. The lowest BCUT2D eigenvalue weighted by Crippen LogP contribution is -2.47. The lowest BCUT2D eigenvalue weighted by Gasteiger charge is -2.33. The van der Waals surface area contributed by atoms with Crippen LogP contribution in [0.2, 0.25) is 0 Å². The molecule has 0 saturated carbocycles. The van der Waals surface area contributed by atoms with Gasteiger partial charge in [-0.1, -0.05) is 0 Å². The maximum Gasteiger partial charge on any atom is 0.261 e. The van der Waals surface area contributed by atoms with Crippen molar-refractivity contribution in [2.24, 2.45) is 0 Å². The van der Waals surface area contributed by atoms with Crippen LogP contribution in [-0.2, 0) is 18.9 Å². The number of ether oxygens (including phenoxy) is 4. The van der Waals surface area contributed by atoms with Gasteiger partial charge in [0, 0.05) is 33.0 Å². The van der Waals surface area contributed by atoms with E-state index in [-0.39, 0.29) is 48.6 Å². The third-order valence-electron chi connectivity index (χ3n) is 6.97. The SMILES string of the molecule is CC1(C)OC[C@H](CN2C(=O)c3ccc4c5c(ccc(c35)C2=O)C(=O)N(C[C@H]2COC(C)(C)O2)C4=O)O1. The summed E-state index contributed by atoms with van der Waals surface area (Å²) in [6.45, 7) is 7.69. The molecule has 2 fully saturated rings. The quantitative estimate of drug-likeness (QED) is 0.596. The van der Waals surface area contributed by atoms with Gasteiger partial charge in [-0.3, -0.25) is 29.0 Å². The Morgan fingerprint density at radius 1 is 0.639 bits per heavy atom. The Labute approximate surface area is 207 Å². The fourth-order valence-electron chi connectivity index (χ4n) is 5.42. The molecular weight excluding hydrogens is 468 g/mol. The van der Waals surface area contributed by atoms with Gasteiger partial charge >= 0.3 is 0 Å². The molecule has 0 N–H and O–H groups in total. The molecule has 4 heterocycles. The molecule has 0 spiro atoms. The molecule has 2 aromatic rings. The molecule has 2 atom stereocenters. The van der Waals surface area contributed by atoms with Crippen LogP contribution in [0.3, 0.4) is 0 Å². The van der Waals surface area contributed by atoms with Crippen LogP contribution in [0.15, 0.2) is 24.3 Å². The number of carbonyl (C=O) groups is 4. The maximum absolute atomic E-state index is 13.4. The Morgan fingerprint density at radius 2 is 0.944 bits per heavy atom. The highest BCUT2D eigenvalue weighted by atomic mass is 16.7. The van der Waals surface area contributed by atoms with Gasteiger partial charge in [-0.15, -0.1) is 0 Å². The predicted octanol–water partition coefficient (Wildman–Crippen LogP) is 2.33. The fraction of sp³-hybridized carbons (Fsp3) is 0.462. The van der Waals surface area contributed by atoms with Crippen LogP contribution in [0.5, 0.6) is 0 Å². The molecule has 4 aliphatic heterocycles. The molecule has 4 aliphatic rings. The van der Waals surface area contributed by atoms with Crippen LogP contribution in [-0.4, -0.2) is 83.5 Å². The summed E-state index contributed by atoms with van der Waals surface area (Å²) in [6.07, 6.45) is -0.906. The molecule has 10 heteroatoms. The van der Waals surface area contributed by atoms with E-state index in [9.17, 15) is 19.2 Å². The number of amides is 4. The van der Waals surface area contributed by atoms with Gasteiger partial charge < -0.3 is 18.9 Å². The third kappa shape index (κ3) is 3.47. The van der Waals surface area contributed by atoms with Crippen LogP contribution in [0.4, 0.5) is 0 Å². The lowest BCUT2D eigenvalue weighted by atomic mass is 9.86. The predicted molar refractivity (Wildman–Crippen MR) is 124 cm³/mol. The molecule has 0 bridgehead atoms. The average Bonchev–Trinajstić information content (AvgIpc) is 3.35. The van der Waals surface area contributed by atoms with Gasteiger partial charge in [-0.2, -0.15) is 0 Å². The first-order valence-electron chi connectivity index (χ1n) is 11.9. The largest absolute Gasteiger partial charge is 0.348 e. The standard InChI is InChI=1S/C26H26N2O8/c1-25(2)33-11-13(35-25)9-27-21(29)15-5-7-17-20-18(8-6-16(19(15)20)22(27)30)24(32)28(23(17)31)10-14-12-34-26(3,4)36-14/h5-8,13-14H,9-12H2,1-4H3/t13-,14-/m0/s1. The zero-order chi connectivity index (χ0) is 25.6. The number of hydrogen-bond acceptors (Lipinski definition) is 8. The van der Waals surface area contributed by atoms with Gasteiger partial charge in [0.05, 0.1) is 26.3 Å². The van der Waals surface area contributed by atoms with Crippen molar-refractivity contribution in [2.45, 2.75) is 51.5 Å². The number of benzene rings is 2. The number of nitrogens with zero attached hydrogens (tertiary/aromatic N) is 2. The number of imide groups is 2. The highest BCUT2D eigenvalue weighted by Gasteiger charge is 2.43. The van der Waals surface area contributed by atoms with E-state index in [0.29, 0.717) is 10.8 Å². The second-order valence-corrected chi connectivity index (χ2v) is 10.4. The maximum atomic E-state index is 13.4. The monoisotopic (exact) mass is 494 g/mol. The van der Waals surface area contributed by atoms with E-state index < -0.39 is 47.4 Å². The van der Waals surface area contributed by atoms with Gasteiger partial charge in [0.15, 0.2) is 11.6 Å². The highest BCUT2D eigenvalue weighted by Crippen LogP contribution is 2.38. The summed E-state index contributed by atoms with van der Waals surface area (Å²) in [7, 11) is 0. The van der Waals surface area contributed by atoms with E-state index in [2.05, 4.69) is 0 Å². The van der Waals surface area contributed by atoms with E-state index in [1.165, 1.54) is 0 Å². The number of hydrogen-bond donors (Lipinski definition) is 0. The number of carbonyl (C=O) groups excluding carboxylic acids is 4. The van der Waals surface area contributed by atoms with Crippen LogP contribution < -0.4 is 0 Å². The Morgan fingerprint density at radius 3 is 1.19 bits per heavy atom. The van der Waals surface area contributed by atoms with Crippen molar-refractivity contribution < 1.29 is 38.1 Å². The zero-order valence-corrected chi connectivity index (χ0v) is 20.5. The first-order valence-corrected chi connectivity index (χ1v) is 11.9.